The van der Waals surface area contributed by atoms with Crippen LogP contribution in [0.15, 0.2) is 11.7 Å². The first-order valence-corrected chi connectivity index (χ1v) is 7.51. The van der Waals surface area contributed by atoms with Crippen LogP contribution in [-0.4, -0.2) is 35.1 Å². The standard InChI is InChI=1S/C13H23N3S/c1-4-11-8-16(12(5-2)6-15-11)10(3)13-7-14-9-17-13/h7,9-12,15H,4-6,8H2,1-3H3. The maximum atomic E-state index is 4.20. The van der Waals surface area contributed by atoms with Crippen LogP contribution in [0, 0.1) is 0 Å². The van der Waals surface area contributed by atoms with Crippen molar-refractivity contribution in [2.75, 3.05) is 13.1 Å². The molecule has 2 heterocycles. The maximum Gasteiger partial charge on any atom is 0.0794 e. The Labute approximate surface area is 108 Å². The maximum absolute atomic E-state index is 4.20. The fourth-order valence-electron chi connectivity index (χ4n) is 2.61. The summed E-state index contributed by atoms with van der Waals surface area (Å²) in [7, 11) is 0. The summed E-state index contributed by atoms with van der Waals surface area (Å²) in [6.07, 6.45) is 4.44. The summed E-state index contributed by atoms with van der Waals surface area (Å²) in [5.74, 6) is 0. The molecule has 0 aromatic carbocycles. The van der Waals surface area contributed by atoms with Crippen molar-refractivity contribution in [2.24, 2.45) is 0 Å². The van der Waals surface area contributed by atoms with Crippen molar-refractivity contribution in [3.63, 3.8) is 0 Å². The second-order valence-corrected chi connectivity index (χ2v) is 5.77. The van der Waals surface area contributed by atoms with E-state index in [4.69, 9.17) is 0 Å². The van der Waals surface area contributed by atoms with Gasteiger partial charge in [-0.05, 0) is 19.8 Å². The van der Waals surface area contributed by atoms with Gasteiger partial charge in [0.25, 0.3) is 0 Å². The van der Waals surface area contributed by atoms with Gasteiger partial charge in [-0.2, -0.15) is 0 Å². The van der Waals surface area contributed by atoms with Crippen LogP contribution in [-0.2, 0) is 0 Å². The Balaban J connectivity index is 2.09. The van der Waals surface area contributed by atoms with Crippen molar-refractivity contribution in [3.8, 4) is 0 Å². The summed E-state index contributed by atoms with van der Waals surface area (Å²) in [6.45, 7) is 9.14. The zero-order chi connectivity index (χ0) is 12.3. The van der Waals surface area contributed by atoms with Crippen molar-refractivity contribution >= 4 is 11.3 Å². The number of nitrogens with zero attached hydrogens (tertiary/aromatic N) is 2. The third-order valence-corrected chi connectivity index (χ3v) is 4.81. The Kier molecular flexibility index (Phi) is 4.54. The van der Waals surface area contributed by atoms with E-state index in [0.717, 1.165) is 13.1 Å². The summed E-state index contributed by atoms with van der Waals surface area (Å²) >= 11 is 1.77. The molecule has 1 aliphatic heterocycles. The lowest BCUT2D eigenvalue weighted by molar-refractivity contribution is 0.0864. The van der Waals surface area contributed by atoms with E-state index < -0.39 is 0 Å². The molecule has 1 aromatic heterocycles. The van der Waals surface area contributed by atoms with E-state index in [1.54, 1.807) is 11.3 Å². The molecule has 3 nitrogen and oxygen atoms in total. The first-order valence-electron chi connectivity index (χ1n) is 6.63. The van der Waals surface area contributed by atoms with Gasteiger partial charge < -0.3 is 5.32 Å². The van der Waals surface area contributed by atoms with Gasteiger partial charge in [-0.3, -0.25) is 9.88 Å². The van der Waals surface area contributed by atoms with E-state index >= 15 is 0 Å². The highest BCUT2D eigenvalue weighted by atomic mass is 32.1. The number of hydrogen-bond acceptors (Lipinski definition) is 4. The molecule has 17 heavy (non-hydrogen) atoms. The van der Waals surface area contributed by atoms with Crippen LogP contribution >= 0.6 is 11.3 Å². The minimum atomic E-state index is 0.503. The molecule has 96 valence electrons. The van der Waals surface area contributed by atoms with Gasteiger partial charge in [0.15, 0.2) is 0 Å². The van der Waals surface area contributed by atoms with Crippen molar-refractivity contribution < 1.29 is 0 Å². The van der Waals surface area contributed by atoms with Gasteiger partial charge in [0, 0.05) is 42.3 Å². The molecule has 0 amide bonds. The molecule has 1 fully saturated rings. The molecular weight excluding hydrogens is 230 g/mol. The minimum absolute atomic E-state index is 0.503. The molecule has 0 radical (unpaired) electrons. The van der Waals surface area contributed by atoms with E-state index in [-0.39, 0.29) is 0 Å². The van der Waals surface area contributed by atoms with Crippen molar-refractivity contribution in [1.29, 1.82) is 0 Å². The molecule has 1 aliphatic rings. The zero-order valence-electron chi connectivity index (χ0n) is 11.0. The molecule has 1 aromatic rings. The number of thiazole rings is 1. The highest BCUT2D eigenvalue weighted by Crippen LogP contribution is 2.28. The topological polar surface area (TPSA) is 28.2 Å². The molecule has 2 rings (SSSR count). The van der Waals surface area contributed by atoms with Gasteiger partial charge in [-0.1, -0.05) is 13.8 Å². The van der Waals surface area contributed by atoms with Crippen molar-refractivity contribution in [2.45, 2.75) is 51.7 Å². The first-order chi connectivity index (χ1) is 8.26. The Morgan fingerprint density at radius 1 is 1.53 bits per heavy atom. The monoisotopic (exact) mass is 253 g/mol. The van der Waals surface area contributed by atoms with Crippen molar-refractivity contribution in [3.05, 3.63) is 16.6 Å². The summed E-state index contributed by atoms with van der Waals surface area (Å²) in [6, 6.07) is 1.81. The summed E-state index contributed by atoms with van der Waals surface area (Å²) in [5, 5.41) is 3.65. The highest BCUT2D eigenvalue weighted by molar-refractivity contribution is 7.09. The number of hydrogen-bond donors (Lipinski definition) is 1. The van der Waals surface area contributed by atoms with Crippen molar-refractivity contribution in [1.82, 2.24) is 15.2 Å². The average molecular weight is 253 g/mol. The Morgan fingerprint density at radius 2 is 2.35 bits per heavy atom. The van der Waals surface area contributed by atoms with Crippen LogP contribution in [0.5, 0.6) is 0 Å². The van der Waals surface area contributed by atoms with E-state index in [1.807, 2.05) is 11.7 Å². The molecule has 3 atom stereocenters. The predicted octanol–water partition coefficient (Wildman–Crippen LogP) is 2.67. The van der Waals surface area contributed by atoms with Gasteiger partial charge in [-0.15, -0.1) is 11.3 Å². The number of rotatable bonds is 4. The third-order valence-electron chi connectivity index (χ3n) is 3.87. The molecule has 0 saturated carbocycles. The molecule has 3 unspecified atom stereocenters. The quantitative estimate of drug-likeness (QED) is 0.894. The number of nitrogens with one attached hydrogen (secondary N) is 1. The van der Waals surface area contributed by atoms with Crippen LogP contribution < -0.4 is 5.32 Å². The number of piperazine rings is 1. The normalized spacial score (nSPS) is 28.2. The van der Waals surface area contributed by atoms with Gasteiger partial charge in [0.05, 0.1) is 5.51 Å². The summed E-state index contributed by atoms with van der Waals surface area (Å²) in [5.41, 5.74) is 1.94. The summed E-state index contributed by atoms with van der Waals surface area (Å²) < 4.78 is 0. The fourth-order valence-corrected chi connectivity index (χ4v) is 3.31. The molecule has 1 saturated heterocycles. The van der Waals surface area contributed by atoms with Gasteiger partial charge in [0.2, 0.25) is 0 Å². The van der Waals surface area contributed by atoms with Crippen LogP contribution in [0.4, 0.5) is 0 Å². The zero-order valence-corrected chi connectivity index (χ0v) is 11.8. The predicted molar refractivity (Wildman–Crippen MR) is 73.4 cm³/mol. The van der Waals surface area contributed by atoms with Crippen LogP contribution in [0.3, 0.4) is 0 Å². The lowest BCUT2D eigenvalue weighted by Gasteiger charge is -2.43. The van der Waals surface area contributed by atoms with E-state index in [9.17, 15) is 0 Å². The Hall–Kier alpha value is -0.450. The average Bonchev–Trinajstić information content (AvgIpc) is 2.91. The lowest BCUT2D eigenvalue weighted by Crippen LogP contribution is -2.56. The lowest BCUT2D eigenvalue weighted by atomic mass is 10.0. The smallest absolute Gasteiger partial charge is 0.0794 e. The third kappa shape index (κ3) is 2.87. The Bertz CT molecular complexity index is 325. The second kappa shape index (κ2) is 5.94. The van der Waals surface area contributed by atoms with Gasteiger partial charge in [-0.25, -0.2) is 0 Å². The first kappa shape index (κ1) is 13.0. The molecule has 4 heteroatoms. The second-order valence-electron chi connectivity index (χ2n) is 4.85. The SMILES string of the molecule is CCC1CN(C(C)c2cncs2)C(CC)CN1. The van der Waals surface area contributed by atoms with Gasteiger partial charge >= 0.3 is 0 Å². The minimum Gasteiger partial charge on any atom is -0.311 e. The van der Waals surface area contributed by atoms with Crippen LogP contribution in [0.25, 0.3) is 0 Å². The van der Waals surface area contributed by atoms with Crippen LogP contribution in [0.2, 0.25) is 0 Å². The van der Waals surface area contributed by atoms with Crippen LogP contribution in [0.1, 0.15) is 44.5 Å². The Morgan fingerprint density at radius 3 is 2.94 bits per heavy atom. The number of aromatic nitrogens is 1. The summed E-state index contributed by atoms with van der Waals surface area (Å²) in [4.78, 5) is 8.24. The largest absolute Gasteiger partial charge is 0.311 e. The van der Waals surface area contributed by atoms with Gasteiger partial charge in [0.1, 0.15) is 0 Å². The fraction of sp³-hybridized carbons (Fsp3) is 0.769. The molecule has 0 spiro atoms. The van der Waals surface area contributed by atoms with E-state index in [2.05, 4.69) is 36.0 Å². The molecule has 0 aliphatic carbocycles. The molecule has 0 bridgehead atoms. The van der Waals surface area contributed by atoms with E-state index in [1.165, 1.54) is 17.7 Å². The highest BCUT2D eigenvalue weighted by Gasteiger charge is 2.30. The van der Waals surface area contributed by atoms with E-state index in [0.29, 0.717) is 18.1 Å². The molecule has 1 N–H and O–H groups in total. The molecular formula is C13H23N3S.